The summed E-state index contributed by atoms with van der Waals surface area (Å²) in [6.07, 6.45) is 5.69. The number of carbonyl (C=O) groups excluding carboxylic acids is 1. The van der Waals surface area contributed by atoms with Crippen molar-refractivity contribution in [1.82, 2.24) is 4.57 Å². The molecule has 23 heavy (non-hydrogen) atoms. The van der Waals surface area contributed by atoms with Crippen molar-refractivity contribution in [2.45, 2.75) is 39.2 Å². The smallest absolute Gasteiger partial charge is 0.253 e. The second-order valence-corrected chi connectivity index (χ2v) is 6.80. The van der Waals surface area contributed by atoms with Gasteiger partial charge in [-0.05, 0) is 44.2 Å². The lowest BCUT2D eigenvalue weighted by molar-refractivity contribution is -0.116. The number of hydrogen-bond acceptors (Lipinski definition) is 4. The van der Waals surface area contributed by atoms with Crippen molar-refractivity contribution < 1.29 is 4.79 Å². The van der Waals surface area contributed by atoms with Crippen LogP contribution in [0.4, 0.5) is 5.00 Å². The van der Waals surface area contributed by atoms with Crippen LogP contribution in [-0.2, 0) is 24.2 Å². The van der Waals surface area contributed by atoms with Gasteiger partial charge in [0.15, 0.2) is 0 Å². The minimum atomic E-state index is -0.284. The fraction of sp³-hybridized carbons (Fsp3) is 0.353. The predicted molar refractivity (Wildman–Crippen MR) is 89.7 cm³/mol. The number of amides is 1. The number of pyridine rings is 1. The molecule has 0 aromatic carbocycles. The first-order chi connectivity index (χ1) is 11.1. The van der Waals surface area contributed by atoms with Crippen molar-refractivity contribution in [3.8, 4) is 6.07 Å². The first kappa shape index (κ1) is 15.5. The summed E-state index contributed by atoms with van der Waals surface area (Å²) in [5, 5.41) is 12.8. The van der Waals surface area contributed by atoms with Crippen LogP contribution >= 0.6 is 11.3 Å². The molecule has 3 rings (SSSR count). The van der Waals surface area contributed by atoms with E-state index < -0.39 is 0 Å². The zero-order chi connectivity index (χ0) is 16.4. The second kappa shape index (κ2) is 6.39. The minimum absolute atomic E-state index is 0.0477. The summed E-state index contributed by atoms with van der Waals surface area (Å²) < 4.78 is 1.38. The highest BCUT2D eigenvalue weighted by molar-refractivity contribution is 7.16. The van der Waals surface area contributed by atoms with Crippen LogP contribution in [-0.4, -0.2) is 10.5 Å². The standard InChI is InChI=1S/C17H17N3O2S/c1-11-5-4-8-20(17(11)22)10-15(21)19-16-13(9-18)12-6-2-3-7-14(12)23-16/h4-5,8H,2-3,6-7,10H2,1H3,(H,19,21). The van der Waals surface area contributed by atoms with Gasteiger partial charge in [-0.3, -0.25) is 9.59 Å². The molecule has 0 bridgehead atoms. The third-order valence-corrected chi connectivity index (χ3v) is 5.27. The van der Waals surface area contributed by atoms with Crippen molar-refractivity contribution in [1.29, 1.82) is 5.26 Å². The highest BCUT2D eigenvalue weighted by Gasteiger charge is 2.21. The maximum absolute atomic E-state index is 12.3. The van der Waals surface area contributed by atoms with Gasteiger partial charge >= 0.3 is 0 Å². The van der Waals surface area contributed by atoms with Crippen LogP contribution in [0, 0.1) is 18.3 Å². The van der Waals surface area contributed by atoms with Gasteiger partial charge in [0.25, 0.3) is 5.56 Å². The monoisotopic (exact) mass is 327 g/mol. The highest BCUT2D eigenvalue weighted by Crippen LogP contribution is 2.37. The molecule has 0 unspecified atom stereocenters. The Hall–Kier alpha value is -2.39. The molecule has 2 aromatic rings. The molecule has 1 N–H and O–H groups in total. The Labute approximate surface area is 138 Å². The highest BCUT2D eigenvalue weighted by atomic mass is 32.1. The van der Waals surface area contributed by atoms with E-state index in [1.54, 1.807) is 25.3 Å². The molecule has 0 atom stereocenters. The Morgan fingerprint density at radius 2 is 2.22 bits per heavy atom. The topological polar surface area (TPSA) is 74.9 Å². The van der Waals surface area contributed by atoms with Gasteiger partial charge in [0.2, 0.25) is 5.91 Å². The van der Waals surface area contributed by atoms with Gasteiger partial charge < -0.3 is 9.88 Å². The van der Waals surface area contributed by atoms with Gasteiger partial charge in [0.05, 0.1) is 5.56 Å². The molecule has 0 fully saturated rings. The molecule has 1 amide bonds. The van der Waals surface area contributed by atoms with Gasteiger partial charge in [-0.2, -0.15) is 5.26 Å². The third kappa shape index (κ3) is 3.06. The number of aryl methyl sites for hydroxylation is 2. The molecule has 0 aliphatic heterocycles. The van der Waals surface area contributed by atoms with Crippen molar-refractivity contribution in [2.24, 2.45) is 0 Å². The maximum Gasteiger partial charge on any atom is 0.253 e. The zero-order valence-corrected chi connectivity index (χ0v) is 13.7. The van der Waals surface area contributed by atoms with Gasteiger partial charge in [0, 0.05) is 16.6 Å². The number of hydrogen-bond donors (Lipinski definition) is 1. The van der Waals surface area contributed by atoms with E-state index in [2.05, 4.69) is 11.4 Å². The Morgan fingerprint density at radius 3 is 3.00 bits per heavy atom. The van der Waals surface area contributed by atoms with E-state index in [4.69, 9.17) is 0 Å². The number of nitrogens with zero attached hydrogens (tertiary/aromatic N) is 2. The van der Waals surface area contributed by atoms with Crippen LogP contribution in [0.15, 0.2) is 23.1 Å². The maximum atomic E-state index is 12.3. The molecular weight excluding hydrogens is 310 g/mol. The number of nitrogens with one attached hydrogen (secondary N) is 1. The normalized spacial score (nSPS) is 13.2. The van der Waals surface area contributed by atoms with Crippen LogP contribution in [0.1, 0.15) is 34.4 Å². The zero-order valence-electron chi connectivity index (χ0n) is 12.9. The van der Waals surface area contributed by atoms with Crippen molar-refractivity contribution in [3.05, 3.63) is 50.3 Å². The number of nitriles is 1. The number of rotatable bonds is 3. The van der Waals surface area contributed by atoms with E-state index in [9.17, 15) is 14.9 Å². The summed E-state index contributed by atoms with van der Waals surface area (Å²) in [6.45, 7) is 1.67. The quantitative estimate of drug-likeness (QED) is 0.941. The summed E-state index contributed by atoms with van der Waals surface area (Å²) in [5.74, 6) is -0.284. The molecule has 0 spiro atoms. The second-order valence-electron chi connectivity index (χ2n) is 5.70. The largest absolute Gasteiger partial charge is 0.315 e. The fourth-order valence-electron chi connectivity index (χ4n) is 2.87. The van der Waals surface area contributed by atoms with Crippen LogP contribution in [0.5, 0.6) is 0 Å². The van der Waals surface area contributed by atoms with E-state index in [1.807, 2.05) is 0 Å². The van der Waals surface area contributed by atoms with E-state index in [0.717, 1.165) is 31.2 Å². The lowest BCUT2D eigenvalue weighted by Gasteiger charge is -2.09. The molecular formula is C17H17N3O2S. The lowest BCUT2D eigenvalue weighted by atomic mass is 9.96. The van der Waals surface area contributed by atoms with Gasteiger partial charge in [0.1, 0.15) is 17.6 Å². The van der Waals surface area contributed by atoms with E-state index in [-0.39, 0.29) is 18.0 Å². The number of aromatic nitrogens is 1. The molecule has 118 valence electrons. The van der Waals surface area contributed by atoms with Gasteiger partial charge in [-0.25, -0.2) is 0 Å². The molecule has 0 saturated heterocycles. The molecule has 0 saturated carbocycles. The van der Waals surface area contributed by atoms with Crippen LogP contribution in [0.2, 0.25) is 0 Å². The van der Waals surface area contributed by atoms with Crippen LogP contribution in [0.25, 0.3) is 0 Å². The van der Waals surface area contributed by atoms with E-state index in [0.29, 0.717) is 16.1 Å². The van der Waals surface area contributed by atoms with Crippen molar-refractivity contribution >= 4 is 22.2 Å². The first-order valence-electron chi connectivity index (χ1n) is 7.60. The Balaban J connectivity index is 1.81. The minimum Gasteiger partial charge on any atom is -0.315 e. The average Bonchev–Trinajstić information content (AvgIpc) is 2.88. The van der Waals surface area contributed by atoms with Gasteiger partial charge in [-0.15, -0.1) is 11.3 Å². The van der Waals surface area contributed by atoms with Crippen molar-refractivity contribution in [2.75, 3.05) is 5.32 Å². The number of thiophene rings is 1. The lowest BCUT2D eigenvalue weighted by Crippen LogP contribution is -2.28. The Morgan fingerprint density at radius 1 is 1.43 bits per heavy atom. The summed E-state index contributed by atoms with van der Waals surface area (Å²) in [5.41, 5.74) is 2.11. The summed E-state index contributed by atoms with van der Waals surface area (Å²) in [6, 6.07) is 5.69. The number of fused-ring (bicyclic) bond motifs is 1. The van der Waals surface area contributed by atoms with Crippen LogP contribution in [0.3, 0.4) is 0 Å². The fourth-order valence-corrected chi connectivity index (χ4v) is 4.13. The summed E-state index contributed by atoms with van der Waals surface area (Å²) >= 11 is 1.49. The van der Waals surface area contributed by atoms with E-state index in [1.165, 1.54) is 20.8 Å². The number of anilines is 1. The molecule has 6 heteroatoms. The van der Waals surface area contributed by atoms with Crippen molar-refractivity contribution in [3.63, 3.8) is 0 Å². The molecule has 0 radical (unpaired) electrons. The van der Waals surface area contributed by atoms with E-state index >= 15 is 0 Å². The Bertz CT molecular complexity index is 858. The average molecular weight is 327 g/mol. The van der Waals surface area contributed by atoms with Crippen LogP contribution < -0.4 is 10.9 Å². The van der Waals surface area contributed by atoms with Gasteiger partial charge in [-0.1, -0.05) is 6.07 Å². The SMILES string of the molecule is Cc1cccn(CC(=O)Nc2sc3c(c2C#N)CCCC3)c1=O. The molecule has 2 heterocycles. The number of carbonyl (C=O) groups is 1. The predicted octanol–water partition coefficient (Wildman–Crippen LogP) is 2.61. The molecule has 1 aliphatic rings. The Kier molecular flexibility index (Phi) is 4.30. The molecule has 1 aliphatic carbocycles. The summed E-state index contributed by atoms with van der Waals surface area (Å²) in [4.78, 5) is 25.4. The third-order valence-electron chi connectivity index (χ3n) is 4.06. The molecule has 2 aromatic heterocycles. The first-order valence-corrected chi connectivity index (χ1v) is 8.42. The summed E-state index contributed by atoms with van der Waals surface area (Å²) in [7, 11) is 0. The molecule has 5 nitrogen and oxygen atoms in total.